The Balaban J connectivity index is 2.02. The van der Waals surface area contributed by atoms with Gasteiger partial charge < -0.3 is 11.1 Å². The molecule has 0 radical (unpaired) electrons. The lowest BCUT2D eigenvalue weighted by Gasteiger charge is -2.08. The molecule has 3 N–H and O–H groups in total. The molecule has 21 heavy (non-hydrogen) atoms. The van der Waals surface area contributed by atoms with Crippen LogP contribution in [0.25, 0.3) is 0 Å². The zero-order valence-corrected chi connectivity index (χ0v) is 14.9. The number of amides is 1. The summed E-state index contributed by atoms with van der Waals surface area (Å²) in [5.74, 6) is -0.0823. The first-order chi connectivity index (χ1) is 9.95. The maximum absolute atomic E-state index is 12.0. The lowest BCUT2D eigenvalue weighted by Crippen LogP contribution is -2.15. The van der Waals surface area contributed by atoms with Gasteiger partial charge in [-0.25, -0.2) is 0 Å². The standard InChI is InChI=1S/C15H12Br2N2OS/c16-11-5-6-13(12(17)8-11)19-14(20)7-9-1-3-10(4-2-9)15(18)21/h1-6,8H,7H2,(H2,18,21)(H,19,20). The fraction of sp³-hybridized carbons (Fsp3) is 0.0667. The molecule has 0 spiro atoms. The van der Waals surface area contributed by atoms with E-state index in [0.717, 1.165) is 25.8 Å². The number of halogens is 2. The average molecular weight is 428 g/mol. The van der Waals surface area contributed by atoms with Crippen LogP contribution in [-0.2, 0) is 11.2 Å². The Hall–Kier alpha value is -1.24. The monoisotopic (exact) mass is 426 g/mol. The van der Waals surface area contributed by atoms with Crippen LogP contribution < -0.4 is 11.1 Å². The molecule has 6 heteroatoms. The Bertz CT molecular complexity index is 687. The number of carbonyl (C=O) groups excluding carboxylic acids is 1. The van der Waals surface area contributed by atoms with E-state index in [1.807, 2.05) is 42.5 Å². The first kappa shape index (κ1) is 16.1. The molecule has 2 aromatic rings. The SMILES string of the molecule is NC(=S)c1ccc(CC(=O)Nc2ccc(Br)cc2Br)cc1. The van der Waals surface area contributed by atoms with E-state index in [1.54, 1.807) is 0 Å². The smallest absolute Gasteiger partial charge is 0.228 e. The zero-order valence-electron chi connectivity index (χ0n) is 10.9. The van der Waals surface area contributed by atoms with E-state index in [-0.39, 0.29) is 5.91 Å². The van der Waals surface area contributed by atoms with Gasteiger partial charge in [-0.15, -0.1) is 0 Å². The van der Waals surface area contributed by atoms with Gasteiger partial charge in [0.2, 0.25) is 5.91 Å². The van der Waals surface area contributed by atoms with E-state index in [4.69, 9.17) is 18.0 Å². The first-order valence-electron chi connectivity index (χ1n) is 6.09. The Morgan fingerprint density at radius 1 is 1.14 bits per heavy atom. The molecule has 0 heterocycles. The molecular weight excluding hydrogens is 416 g/mol. The van der Waals surface area contributed by atoms with E-state index < -0.39 is 0 Å². The number of benzene rings is 2. The summed E-state index contributed by atoms with van der Waals surface area (Å²) in [4.78, 5) is 12.4. The predicted molar refractivity (Wildman–Crippen MR) is 96.5 cm³/mol. The van der Waals surface area contributed by atoms with Crippen LogP contribution in [0.2, 0.25) is 0 Å². The second-order valence-corrected chi connectivity index (χ2v) is 6.62. The Morgan fingerprint density at radius 2 is 1.81 bits per heavy atom. The number of hydrogen-bond donors (Lipinski definition) is 2. The van der Waals surface area contributed by atoms with Gasteiger partial charge in [0.15, 0.2) is 0 Å². The minimum absolute atomic E-state index is 0.0823. The van der Waals surface area contributed by atoms with Gasteiger partial charge in [-0.2, -0.15) is 0 Å². The van der Waals surface area contributed by atoms with Gasteiger partial charge in [-0.3, -0.25) is 4.79 Å². The van der Waals surface area contributed by atoms with E-state index in [0.29, 0.717) is 11.4 Å². The summed E-state index contributed by atoms with van der Waals surface area (Å²) in [5.41, 5.74) is 7.98. The molecule has 1 amide bonds. The summed E-state index contributed by atoms with van der Waals surface area (Å²) >= 11 is 11.7. The van der Waals surface area contributed by atoms with Crippen molar-refractivity contribution in [3.05, 3.63) is 62.5 Å². The van der Waals surface area contributed by atoms with E-state index in [1.165, 1.54) is 0 Å². The van der Waals surface area contributed by atoms with Gasteiger partial charge >= 0.3 is 0 Å². The van der Waals surface area contributed by atoms with E-state index in [9.17, 15) is 4.79 Å². The third-order valence-electron chi connectivity index (χ3n) is 2.81. The van der Waals surface area contributed by atoms with Crippen molar-refractivity contribution in [3.8, 4) is 0 Å². The summed E-state index contributed by atoms with van der Waals surface area (Å²) in [6, 6.07) is 12.9. The summed E-state index contributed by atoms with van der Waals surface area (Å²) in [6.45, 7) is 0. The van der Waals surface area contributed by atoms with Gasteiger partial charge in [-0.1, -0.05) is 52.4 Å². The normalized spacial score (nSPS) is 10.2. The molecule has 2 rings (SSSR count). The van der Waals surface area contributed by atoms with Gasteiger partial charge in [-0.05, 0) is 39.7 Å². The number of thiocarbonyl (C=S) groups is 1. The third-order valence-corrected chi connectivity index (χ3v) is 4.19. The summed E-state index contributed by atoms with van der Waals surface area (Å²) < 4.78 is 1.77. The number of hydrogen-bond acceptors (Lipinski definition) is 2. The number of carbonyl (C=O) groups is 1. The highest BCUT2D eigenvalue weighted by molar-refractivity contribution is 9.11. The van der Waals surface area contributed by atoms with Crippen molar-refractivity contribution in [2.45, 2.75) is 6.42 Å². The molecule has 108 valence electrons. The molecule has 0 saturated heterocycles. The summed E-state index contributed by atoms with van der Waals surface area (Å²) in [7, 11) is 0. The summed E-state index contributed by atoms with van der Waals surface area (Å²) in [5, 5.41) is 2.87. The zero-order chi connectivity index (χ0) is 15.4. The van der Waals surface area contributed by atoms with Crippen LogP contribution in [0.5, 0.6) is 0 Å². The minimum Gasteiger partial charge on any atom is -0.389 e. The van der Waals surface area contributed by atoms with Crippen molar-refractivity contribution in [2.24, 2.45) is 5.73 Å². The largest absolute Gasteiger partial charge is 0.389 e. The fourth-order valence-corrected chi connectivity index (χ4v) is 3.04. The van der Waals surface area contributed by atoms with Gasteiger partial charge in [0.1, 0.15) is 4.99 Å². The Morgan fingerprint density at radius 3 is 2.38 bits per heavy atom. The Labute approximate surface area is 145 Å². The van der Waals surface area contributed by atoms with Crippen molar-refractivity contribution in [3.63, 3.8) is 0 Å². The van der Waals surface area contributed by atoms with Crippen LogP contribution in [0, 0.1) is 0 Å². The maximum Gasteiger partial charge on any atom is 0.228 e. The molecule has 3 nitrogen and oxygen atoms in total. The topological polar surface area (TPSA) is 55.1 Å². The van der Waals surface area contributed by atoms with Crippen molar-refractivity contribution in [1.82, 2.24) is 0 Å². The number of anilines is 1. The molecule has 0 aromatic heterocycles. The average Bonchev–Trinajstić information content (AvgIpc) is 2.42. The lowest BCUT2D eigenvalue weighted by molar-refractivity contribution is -0.115. The number of rotatable bonds is 4. The van der Waals surface area contributed by atoms with Crippen LogP contribution in [0.1, 0.15) is 11.1 Å². The van der Waals surface area contributed by atoms with Crippen molar-refractivity contribution < 1.29 is 4.79 Å². The van der Waals surface area contributed by atoms with Crippen LogP contribution >= 0.6 is 44.1 Å². The van der Waals surface area contributed by atoms with E-state index in [2.05, 4.69) is 37.2 Å². The molecule has 0 bridgehead atoms. The van der Waals surface area contributed by atoms with Crippen molar-refractivity contribution in [1.29, 1.82) is 0 Å². The number of nitrogens with two attached hydrogens (primary N) is 1. The van der Waals surface area contributed by atoms with E-state index >= 15 is 0 Å². The van der Waals surface area contributed by atoms with Crippen molar-refractivity contribution in [2.75, 3.05) is 5.32 Å². The molecule has 2 aromatic carbocycles. The minimum atomic E-state index is -0.0823. The molecule has 0 aliphatic heterocycles. The second kappa shape index (κ2) is 7.15. The second-order valence-electron chi connectivity index (χ2n) is 4.41. The van der Waals surface area contributed by atoms with Crippen LogP contribution in [-0.4, -0.2) is 10.9 Å². The Kier molecular flexibility index (Phi) is 5.50. The third kappa shape index (κ3) is 4.62. The molecule has 0 atom stereocenters. The van der Waals surface area contributed by atoms with Crippen LogP contribution in [0.15, 0.2) is 51.4 Å². The fourth-order valence-electron chi connectivity index (χ4n) is 1.76. The highest BCUT2D eigenvalue weighted by Gasteiger charge is 2.07. The first-order valence-corrected chi connectivity index (χ1v) is 8.09. The maximum atomic E-state index is 12.0. The van der Waals surface area contributed by atoms with Crippen LogP contribution in [0.4, 0.5) is 5.69 Å². The van der Waals surface area contributed by atoms with Gasteiger partial charge in [0.25, 0.3) is 0 Å². The molecule has 0 aliphatic carbocycles. The molecule has 0 unspecified atom stereocenters. The van der Waals surface area contributed by atoms with Gasteiger partial charge in [0.05, 0.1) is 12.1 Å². The quantitative estimate of drug-likeness (QED) is 0.724. The highest BCUT2D eigenvalue weighted by Crippen LogP contribution is 2.26. The molecule has 0 saturated carbocycles. The number of nitrogens with one attached hydrogen (secondary N) is 1. The van der Waals surface area contributed by atoms with Crippen LogP contribution in [0.3, 0.4) is 0 Å². The van der Waals surface area contributed by atoms with Gasteiger partial charge in [0, 0.05) is 14.5 Å². The highest BCUT2D eigenvalue weighted by atomic mass is 79.9. The summed E-state index contributed by atoms with van der Waals surface area (Å²) in [6.07, 6.45) is 0.292. The predicted octanol–water partition coefficient (Wildman–Crippen LogP) is 4.03. The molecule has 0 aliphatic rings. The lowest BCUT2D eigenvalue weighted by atomic mass is 10.1. The molecular formula is C15H12Br2N2OS. The molecule has 0 fully saturated rings. The van der Waals surface area contributed by atoms with Crippen molar-refractivity contribution >= 4 is 60.7 Å².